The second-order valence-corrected chi connectivity index (χ2v) is 5.09. The lowest BCUT2D eigenvalue weighted by atomic mass is 9.84. The van der Waals surface area contributed by atoms with Crippen LogP contribution in [-0.2, 0) is 4.79 Å². The number of rotatable bonds is 3. The third kappa shape index (κ3) is 2.39. The Bertz CT molecular complexity index is 490. The van der Waals surface area contributed by atoms with E-state index in [4.69, 9.17) is 0 Å². The van der Waals surface area contributed by atoms with Crippen molar-refractivity contribution >= 4 is 6.41 Å². The standard InChI is InChI=1S/C17H17NO/c19-13-18-11-16(14-7-3-1-4-8-14)17(12-18)15-9-5-2-6-10-15/h1-10,13,16-17H,11-12H2/t16-,17-/m0/s1. The summed E-state index contributed by atoms with van der Waals surface area (Å²) in [6, 6.07) is 21.0. The van der Waals surface area contributed by atoms with Gasteiger partial charge in [-0.05, 0) is 11.1 Å². The lowest BCUT2D eigenvalue weighted by Crippen LogP contribution is -2.17. The van der Waals surface area contributed by atoms with E-state index in [9.17, 15) is 4.79 Å². The molecule has 1 aliphatic heterocycles. The molecule has 2 aromatic rings. The molecule has 2 nitrogen and oxygen atoms in total. The summed E-state index contributed by atoms with van der Waals surface area (Å²) in [5.74, 6) is 0.794. The summed E-state index contributed by atoms with van der Waals surface area (Å²) >= 11 is 0. The van der Waals surface area contributed by atoms with Crippen LogP contribution in [0.5, 0.6) is 0 Å². The Morgan fingerprint density at radius 1 is 0.789 bits per heavy atom. The third-order valence-electron chi connectivity index (χ3n) is 3.95. The molecule has 2 heteroatoms. The van der Waals surface area contributed by atoms with Crippen molar-refractivity contribution in [3.05, 3.63) is 71.8 Å². The topological polar surface area (TPSA) is 20.3 Å². The van der Waals surface area contributed by atoms with Gasteiger partial charge in [-0.1, -0.05) is 60.7 Å². The first-order valence-corrected chi connectivity index (χ1v) is 6.67. The molecule has 19 heavy (non-hydrogen) atoms. The predicted octanol–water partition coefficient (Wildman–Crippen LogP) is 3.03. The monoisotopic (exact) mass is 251 g/mol. The van der Waals surface area contributed by atoms with Crippen molar-refractivity contribution in [1.82, 2.24) is 4.90 Å². The average molecular weight is 251 g/mol. The first-order valence-electron chi connectivity index (χ1n) is 6.67. The van der Waals surface area contributed by atoms with E-state index in [-0.39, 0.29) is 0 Å². The molecule has 96 valence electrons. The van der Waals surface area contributed by atoms with E-state index in [1.165, 1.54) is 11.1 Å². The molecule has 0 aliphatic carbocycles. The SMILES string of the molecule is O=CN1C[C@@H](c2ccccc2)[C@H](c2ccccc2)C1. The fraction of sp³-hybridized carbons (Fsp3) is 0.235. The van der Waals surface area contributed by atoms with Crippen molar-refractivity contribution in [3.63, 3.8) is 0 Å². The molecular formula is C17H17NO. The minimum Gasteiger partial charge on any atom is -0.344 e. The van der Waals surface area contributed by atoms with Crippen LogP contribution in [0.4, 0.5) is 0 Å². The molecule has 1 heterocycles. The van der Waals surface area contributed by atoms with Gasteiger partial charge >= 0.3 is 0 Å². The van der Waals surface area contributed by atoms with E-state index < -0.39 is 0 Å². The van der Waals surface area contributed by atoms with Crippen LogP contribution in [0.1, 0.15) is 23.0 Å². The van der Waals surface area contributed by atoms with Crippen LogP contribution in [0.25, 0.3) is 0 Å². The molecular weight excluding hydrogens is 234 g/mol. The molecule has 0 bridgehead atoms. The lowest BCUT2D eigenvalue weighted by Gasteiger charge is -2.18. The van der Waals surface area contributed by atoms with E-state index >= 15 is 0 Å². The molecule has 1 saturated heterocycles. The summed E-state index contributed by atoms with van der Waals surface area (Å²) in [5, 5.41) is 0. The largest absolute Gasteiger partial charge is 0.344 e. The van der Waals surface area contributed by atoms with E-state index in [2.05, 4.69) is 48.5 Å². The van der Waals surface area contributed by atoms with Gasteiger partial charge in [-0.15, -0.1) is 0 Å². The van der Waals surface area contributed by atoms with Crippen LogP contribution in [0.3, 0.4) is 0 Å². The van der Waals surface area contributed by atoms with Crippen LogP contribution >= 0.6 is 0 Å². The number of hydrogen-bond acceptors (Lipinski definition) is 1. The van der Waals surface area contributed by atoms with Crippen LogP contribution < -0.4 is 0 Å². The zero-order valence-corrected chi connectivity index (χ0v) is 10.8. The van der Waals surface area contributed by atoms with Gasteiger partial charge in [0, 0.05) is 24.9 Å². The first kappa shape index (κ1) is 12.0. The maximum atomic E-state index is 11.1. The van der Waals surface area contributed by atoms with Crippen molar-refractivity contribution in [2.75, 3.05) is 13.1 Å². The molecule has 1 fully saturated rings. The number of carbonyl (C=O) groups is 1. The fourth-order valence-corrected chi connectivity index (χ4v) is 3.00. The Kier molecular flexibility index (Phi) is 3.32. The van der Waals surface area contributed by atoms with E-state index in [1.807, 2.05) is 17.0 Å². The van der Waals surface area contributed by atoms with Gasteiger partial charge < -0.3 is 4.90 Å². The van der Waals surface area contributed by atoms with Gasteiger partial charge in [-0.25, -0.2) is 0 Å². The van der Waals surface area contributed by atoms with E-state index in [1.54, 1.807) is 0 Å². The Hall–Kier alpha value is -2.09. The molecule has 1 amide bonds. The molecule has 0 spiro atoms. The molecule has 0 aromatic heterocycles. The van der Waals surface area contributed by atoms with Crippen molar-refractivity contribution in [2.45, 2.75) is 11.8 Å². The van der Waals surface area contributed by atoms with Crippen LogP contribution in [0.15, 0.2) is 60.7 Å². The predicted molar refractivity (Wildman–Crippen MR) is 76.0 cm³/mol. The number of nitrogens with zero attached hydrogens (tertiary/aromatic N) is 1. The number of amides is 1. The van der Waals surface area contributed by atoms with Crippen LogP contribution in [0, 0.1) is 0 Å². The van der Waals surface area contributed by atoms with Gasteiger partial charge in [-0.2, -0.15) is 0 Å². The van der Waals surface area contributed by atoms with Gasteiger partial charge in [0.2, 0.25) is 6.41 Å². The summed E-state index contributed by atoms with van der Waals surface area (Å²) in [6.45, 7) is 1.63. The van der Waals surface area contributed by atoms with Gasteiger partial charge in [0.05, 0.1) is 0 Å². The van der Waals surface area contributed by atoms with Crippen molar-refractivity contribution in [1.29, 1.82) is 0 Å². The van der Waals surface area contributed by atoms with Crippen molar-refractivity contribution in [2.24, 2.45) is 0 Å². The molecule has 0 radical (unpaired) electrons. The number of likely N-dealkylation sites (tertiary alicyclic amines) is 1. The van der Waals surface area contributed by atoms with Crippen LogP contribution in [-0.4, -0.2) is 24.4 Å². The molecule has 0 saturated carbocycles. The second kappa shape index (κ2) is 5.27. The van der Waals surface area contributed by atoms with Crippen LogP contribution in [0.2, 0.25) is 0 Å². The highest BCUT2D eigenvalue weighted by Gasteiger charge is 2.33. The maximum Gasteiger partial charge on any atom is 0.209 e. The van der Waals surface area contributed by atoms with Gasteiger partial charge in [0.25, 0.3) is 0 Å². The molecule has 0 N–H and O–H groups in total. The molecule has 0 unspecified atom stereocenters. The van der Waals surface area contributed by atoms with E-state index in [0.29, 0.717) is 11.8 Å². The summed E-state index contributed by atoms with van der Waals surface area (Å²) in [6.07, 6.45) is 0.971. The molecule has 2 atom stereocenters. The number of carbonyl (C=O) groups excluding carboxylic acids is 1. The highest BCUT2D eigenvalue weighted by molar-refractivity contribution is 5.50. The lowest BCUT2D eigenvalue weighted by molar-refractivity contribution is -0.117. The fourth-order valence-electron chi connectivity index (χ4n) is 3.00. The van der Waals surface area contributed by atoms with Gasteiger partial charge in [0.1, 0.15) is 0 Å². The van der Waals surface area contributed by atoms with Crippen molar-refractivity contribution < 1.29 is 4.79 Å². The summed E-state index contributed by atoms with van der Waals surface area (Å²) < 4.78 is 0. The third-order valence-corrected chi connectivity index (χ3v) is 3.95. The first-order chi connectivity index (χ1) is 9.38. The molecule has 2 aromatic carbocycles. The molecule has 1 aliphatic rings. The average Bonchev–Trinajstić information content (AvgIpc) is 2.93. The minimum absolute atomic E-state index is 0.397. The van der Waals surface area contributed by atoms with Crippen molar-refractivity contribution in [3.8, 4) is 0 Å². The maximum absolute atomic E-state index is 11.1. The highest BCUT2D eigenvalue weighted by atomic mass is 16.1. The van der Waals surface area contributed by atoms with E-state index in [0.717, 1.165) is 19.5 Å². The number of hydrogen-bond donors (Lipinski definition) is 0. The molecule has 3 rings (SSSR count). The summed E-state index contributed by atoms with van der Waals surface area (Å²) in [5.41, 5.74) is 2.64. The Balaban J connectivity index is 1.94. The normalized spacial score (nSPS) is 22.4. The Morgan fingerprint density at radius 3 is 1.58 bits per heavy atom. The summed E-state index contributed by atoms with van der Waals surface area (Å²) in [7, 11) is 0. The highest BCUT2D eigenvalue weighted by Crippen LogP contribution is 2.38. The minimum atomic E-state index is 0.397. The van der Waals surface area contributed by atoms with Gasteiger partial charge in [-0.3, -0.25) is 4.79 Å². The number of benzene rings is 2. The quantitative estimate of drug-likeness (QED) is 0.768. The zero-order chi connectivity index (χ0) is 13.1. The Labute approximate surface area is 113 Å². The van der Waals surface area contributed by atoms with Gasteiger partial charge in [0.15, 0.2) is 0 Å². The Morgan fingerprint density at radius 2 is 1.21 bits per heavy atom. The smallest absolute Gasteiger partial charge is 0.209 e. The zero-order valence-electron chi connectivity index (χ0n) is 10.8. The second-order valence-electron chi connectivity index (χ2n) is 5.09. The summed E-state index contributed by atoms with van der Waals surface area (Å²) in [4.78, 5) is 13.0.